The van der Waals surface area contributed by atoms with Crippen molar-refractivity contribution in [2.75, 3.05) is 34.4 Å². The summed E-state index contributed by atoms with van der Waals surface area (Å²) in [6.07, 6.45) is 4.95. The van der Waals surface area contributed by atoms with E-state index in [1.165, 1.54) is 32.4 Å². The molecule has 1 amide bonds. The maximum absolute atomic E-state index is 12.8. The maximum atomic E-state index is 12.8. The second kappa shape index (κ2) is 13.4. The molecule has 188 valence electrons. The first kappa shape index (κ1) is 27.7. The monoisotopic (exact) mass is 519 g/mol. The molecule has 0 saturated heterocycles. The smallest absolute Gasteiger partial charge is 0.267 e. The molecule has 11 heteroatoms. The Kier molecular flexibility index (Phi) is 10.6. The molecule has 9 nitrogen and oxygen atoms in total. The first-order chi connectivity index (χ1) is 16.7. The second-order valence-corrected chi connectivity index (χ2v) is 9.11. The van der Waals surface area contributed by atoms with E-state index in [1.807, 2.05) is 0 Å². The van der Waals surface area contributed by atoms with Gasteiger partial charge in [-0.25, -0.2) is 8.42 Å². The van der Waals surface area contributed by atoms with Crippen LogP contribution in [-0.4, -0.2) is 53.9 Å². The molecule has 0 saturated carbocycles. The van der Waals surface area contributed by atoms with Gasteiger partial charge in [-0.3, -0.25) is 9.52 Å². The van der Waals surface area contributed by atoms with Gasteiger partial charge in [-0.1, -0.05) is 18.7 Å². The van der Waals surface area contributed by atoms with E-state index in [4.69, 9.17) is 26.4 Å². The average Bonchev–Trinajstić information content (AvgIpc) is 2.86. The lowest BCUT2D eigenvalue weighted by molar-refractivity contribution is -0.116. The van der Waals surface area contributed by atoms with Gasteiger partial charge in [-0.15, -0.1) is 0 Å². The zero-order chi connectivity index (χ0) is 25.8. The van der Waals surface area contributed by atoms with Crippen molar-refractivity contribution in [1.82, 2.24) is 15.4 Å². The van der Waals surface area contributed by atoms with Crippen LogP contribution >= 0.6 is 12.2 Å². The summed E-state index contributed by atoms with van der Waals surface area (Å²) in [6, 6.07) is 10.1. The zero-order valence-corrected chi connectivity index (χ0v) is 21.4. The van der Waals surface area contributed by atoms with Gasteiger partial charge in [-0.2, -0.15) is 0 Å². The van der Waals surface area contributed by atoms with E-state index < -0.39 is 10.0 Å². The molecule has 2 rings (SSSR count). The van der Waals surface area contributed by atoms with E-state index in [9.17, 15) is 13.2 Å². The number of sulfonamides is 1. The molecule has 0 aliphatic rings. The summed E-state index contributed by atoms with van der Waals surface area (Å²) in [6.45, 7) is 4.00. The Morgan fingerprint density at radius 1 is 1.11 bits per heavy atom. The van der Waals surface area contributed by atoms with Gasteiger partial charge >= 0.3 is 0 Å². The number of hydrogen-bond donors (Lipinski definition) is 3. The molecule has 2 aromatic carbocycles. The summed E-state index contributed by atoms with van der Waals surface area (Å²) in [7, 11) is 0.631. The van der Waals surface area contributed by atoms with E-state index in [-0.39, 0.29) is 34.8 Å². The summed E-state index contributed by atoms with van der Waals surface area (Å²) in [5, 5.41) is 5.30. The number of nitrogens with one attached hydrogen (secondary N) is 3. The Hall–Kier alpha value is -3.57. The molecule has 0 fully saturated rings. The molecule has 0 unspecified atom stereocenters. The molecule has 0 bridgehead atoms. The van der Waals surface area contributed by atoms with E-state index in [2.05, 4.69) is 21.9 Å². The number of amides is 1. The fourth-order valence-corrected chi connectivity index (χ4v) is 4.41. The number of carbonyl (C=O) groups is 1. The second-order valence-electron chi connectivity index (χ2n) is 7.05. The van der Waals surface area contributed by atoms with Crippen LogP contribution in [0.3, 0.4) is 0 Å². The highest BCUT2D eigenvalue weighted by Crippen LogP contribution is 2.26. The van der Waals surface area contributed by atoms with Crippen LogP contribution in [0.2, 0.25) is 0 Å². The van der Waals surface area contributed by atoms with Crippen molar-refractivity contribution < 1.29 is 27.4 Å². The van der Waals surface area contributed by atoms with Crippen molar-refractivity contribution in [3.8, 4) is 17.2 Å². The Bertz CT molecular complexity index is 1200. The Labute approximate surface area is 211 Å². The highest BCUT2D eigenvalue weighted by atomic mass is 32.2. The van der Waals surface area contributed by atoms with Crippen LogP contribution in [0.5, 0.6) is 17.2 Å². The lowest BCUT2D eigenvalue weighted by Crippen LogP contribution is -2.37. The number of rotatable bonds is 12. The third-order valence-corrected chi connectivity index (χ3v) is 6.48. The van der Waals surface area contributed by atoms with Gasteiger partial charge in [0.15, 0.2) is 5.11 Å². The van der Waals surface area contributed by atoms with Gasteiger partial charge in [-0.05, 0) is 54.5 Å². The van der Waals surface area contributed by atoms with Crippen LogP contribution in [0.15, 0.2) is 60.0 Å². The number of ether oxygens (including phenoxy) is 3. The first-order valence-electron chi connectivity index (χ1n) is 10.5. The molecule has 2 aromatic rings. The molecule has 0 aliphatic carbocycles. The first-order valence-corrected chi connectivity index (χ1v) is 12.4. The zero-order valence-electron chi connectivity index (χ0n) is 19.8. The topological polar surface area (TPSA) is 115 Å². The molecular formula is C24H29N3O6S2. The Morgan fingerprint density at radius 3 is 2.54 bits per heavy atom. The number of thiocarbonyl (C=S) groups is 1. The van der Waals surface area contributed by atoms with E-state index in [1.54, 1.807) is 43.5 Å². The van der Waals surface area contributed by atoms with Gasteiger partial charge in [0.25, 0.3) is 10.0 Å². The number of methoxy groups -OCH3 is 2. The van der Waals surface area contributed by atoms with Crippen LogP contribution in [-0.2, 0) is 21.2 Å². The SMILES string of the molecule is C=CCOc1ccc(CCNC(=O)/C=C/c2ccc(OC)cc2OC)cc1S(=O)(=O)NC(=S)NC. The number of benzene rings is 2. The van der Waals surface area contributed by atoms with Crippen molar-refractivity contribution in [2.24, 2.45) is 0 Å². The molecule has 35 heavy (non-hydrogen) atoms. The molecule has 0 radical (unpaired) electrons. The molecule has 3 N–H and O–H groups in total. The van der Waals surface area contributed by atoms with Crippen molar-refractivity contribution >= 4 is 39.3 Å². The van der Waals surface area contributed by atoms with Crippen LogP contribution in [0.4, 0.5) is 0 Å². The molecule has 0 aliphatic heterocycles. The molecule has 0 aromatic heterocycles. The fraction of sp³-hybridized carbons (Fsp3) is 0.250. The predicted molar refractivity (Wildman–Crippen MR) is 139 cm³/mol. The molecule has 0 spiro atoms. The average molecular weight is 520 g/mol. The quantitative estimate of drug-likeness (QED) is 0.223. The molecule has 0 heterocycles. The van der Waals surface area contributed by atoms with Crippen molar-refractivity contribution in [3.05, 3.63) is 66.3 Å². The minimum Gasteiger partial charge on any atom is -0.497 e. The summed E-state index contributed by atoms with van der Waals surface area (Å²) < 4.78 is 43.8. The number of hydrogen-bond acceptors (Lipinski definition) is 7. The van der Waals surface area contributed by atoms with Gasteiger partial charge in [0, 0.05) is 31.3 Å². The minimum absolute atomic E-state index is 0.0439. The molecular weight excluding hydrogens is 490 g/mol. The van der Waals surface area contributed by atoms with E-state index >= 15 is 0 Å². The summed E-state index contributed by atoms with van der Waals surface area (Å²) in [5.41, 5.74) is 1.41. The highest BCUT2D eigenvalue weighted by molar-refractivity contribution is 7.92. The van der Waals surface area contributed by atoms with Crippen molar-refractivity contribution in [1.29, 1.82) is 0 Å². The summed E-state index contributed by atoms with van der Waals surface area (Å²) >= 11 is 4.93. The van der Waals surface area contributed by atoms with Gasteiger partial charge < -0.3 is 24.8 Å². The van der Waals surface area contributed by atoms with E-state index in [0.29, 0.717) is 23.5 Å². The third kappa shape index (κ3) is 8.30. The summed E-state index contributed by atoms with van der Waals surface area (Å²) in [4.78, 5) is 12.2. The standard InChI is InChI=1S/C24H29N3O6S2/c1-5-14-33-20-10-6-17(15-22(20)35(29,30)27-24(34)25-2)12-13-26-23(28)11-8-18-7-9-19(31-3)16-21(18)32-4/h5-11,15-16H,1,12-14H2,2-4H3,(H,26,28)(H2,25,27,34)/b11-8+. The van der Waals surface area contributed by atoms with Crippen LogP contribution in [0.25, 0.3) is 6.08 Å². The largest absolute Gasteiger partial charge is 0.497 e. The highest BCUT2D eigenvalue weighted by Gasteiger charge is 2.21. The predicted octanol–water partition coefficient (Wildman–Crippen LogP) is 2.42. The van der Waals surface area contributed by atoms with Crippen molar-refractivity contribution in [2.45, 2.75) is 11.3 Å². The van der Waals surface area contributed by atoms with Crippen LogP contribution in [0, 0.1) is 0 Å². The minimum atomic E-state index is -3.98. The lowest BCUT2D eigenvalue weighted by atomic mass is 10.1. The van der Waals surface area contributed by atoms with Crippen LogP contribution < -0.4 is 29.6 Å². The van der Waals surface area contributed by atoms with E-state index in [0.717, 1.165) is 5.56 Å². The number of carbonyl (C=O) groups excluding carboxylic acids is 1. The fourth-order valence-electron chi connectivity index (χ4n) is 2.92. The summed E-state index contributed by atoms with van der Waals surface area (Å²) in [5.74, 6) is 1.09. The Morgan fingerprint density at radius 2 is 1.89 bits per heavy atom. The maximum Gasteiger partial charge on any atom is 0.267 e. The van der Waals surface area contributed by atoms with Gasteiger partial charge in [0.2, 0.25) is 5.91 Å². The van der Waals surface area contributed by atoms with Gasteiger partial charge in [0.1, 0.15) is 28.8 Å². The van der Waals surface area contributed by atoms with Crippen LogP contribution in [0.1, 0.15) is 11.1 Å². The van der Waals surface area contributed by atoms with Crippen molar-refractivity contribution in [3.63, 3.8) is 0 Å². The third-order valence-electron chi connectivity index (χ3n) is 4.68. The molecule has 0 atom stereocenters. The Balaban J connectivity index is 2.08. The lowest BCUT2D eigenvalue weighted by Gasteiger charge is -2.14. The van der Waals surface area contributed by atoms with Gasteiger partial charge in [0.05, 0.1) is 14.2 Å². The normalized spacial score (nSPS) is 10.9.